The largest absolute Gasteiger partial charge is 0.507 e. The van der Waals surface area contributed by atoms with Crippen LogP contribution < -0.4 is 4.74 Å². The van der Waals surface area contributed by atoms with E-state index >= 15 is 0 Å². The van der Waals surface area contributed by atoms with Crippen molar-refractivity contribution in [3.8, 4) is 142 Å². The highest BCUT2D eigenvalue weighted by Gasteiger charge is 2.01. The molecule has 0 saturated heterocycles. The number of hydrogen-bond donors (Lipinski definition) is 2. The molecule has 1 rings (SSSR count). The van der Waals surface area contributed by atoms with Crippen LogP contribution in [0.5, 0.6) is 11.5 Å². The van der Waals surface area contributed by atoms with Crippen LogP contribution in [0.4, 0.5) is 0 Å². The molecule has 0 spiro atoms. The summed E-state index contributed by atoms with van der Waals surface area (Å²) in [6.45, 7) is -0.267. The zero-order valence-electron chi connectivity index (χ0n) is 16.3. The molecule has 0 saturated carbocycles. The summed E-state index contributed by atoms with van der Waals surface area (Å²) in [4.78, 5) is 0. The predicted octanol–water partition coefficient (Wildman–Crippen LogP) is 0.888. The van der Waals surface area contributed by atoms with E-state index in [0.717, 1.165) is 0 Å². The van der Waals surface area contributed by atoms with Gasteiger partial charge in [0.15, 0.2) is 0 Å². The highest BCUT2D eigenvalue weighted by molar-refractivity contribution is 5.47. The molecule has 0 aromatic heterocycles. The number of rotatable bonds is 2. The number of ether oxygens (including phenoxy) is 1. The monoisotopic (exact) mass is 404 g/mol. The average molecular weight is 404 g/mol. The minimum Gasteiger partial charge on any atom is -0.507 e. The van der Waals surface area contributed by atoms with Crippen molar-refractivity contribution in [3.63, 3.8) is 0 Å². The van der Waals surface area contributed by atoms with Gasteiger partial charge in [0.05, 0.1) is 6.61 Å². The molecule has 0 amide bonds. The highest BCUT2D eigenvalue weighted by atomic mass is 16.5. The fraction of sp³-hybridized carbons (Fsp3) is 0.0345. The van der Waals surface area contributed by atoms with Gasteiger partial charge >= 0.3 is 0 Å². The van der Waals surface area contributed by atoms with Gasteiger partial charge in [-0.15, -0.1) is 6.42 Å². The predicted molar refractivity (Wildman–Crippen MR) is 121 cm³/mol. The Hall–Kier alpha value is -6.06. The summed E-state index contributed by atoms with van der Waals surface area (Å²) in [6.07, 6.45) is 7.27. The van der Waals surface area contributed by atoms with Crippen molar-refractivity contribution >= 4 is 0 Å². The highest BCUT2D eigenvalue weighted by Crippen LogP contribution is 2.23. The normalized spacial score (nSPS) is 5.88. The van der Waals surface area contributed by atoms with Crippen molar-refractivity contribution in [3.05, 3.63) is 23.8 Å². The lowest BCUT2D eigenvalue weighted by Crippen LogP contribution is -1.86. The Morgan fingerprint density at radius 2 is 1.03 bits per heavy atom. The Kier molecular flexibility index (Phi) is 12.8. The van der Waals surface area contributed by atoms with Crippen LogP contribution in [-0.4, -0.2) is 10.2 Å². The molecular formula is C29H8O3. The third kappa shape index (κ3) is 12.3. The lowest BCUT2D eigenvalue weighted by Gasteiger charge is -2.02. The molecule has 0 atom stereocenters. The van der Waals surface area contributed by atoms with Gasteiger partial charge in [-0.25, -0.2) is 0 Å². The van der Waals surface area contributed by atoms with Crippen LogP contribution in [0.1, 0.15) is 5.56 Å². The van der Waals surface area contributed by atoms with Crippen LogP contribution in [0.2, 0.25) is 0 Å². The van der Waals surface area contributed by atoms with Crippen LogP contribution in [-0.2, 0) is 6.61 Å². The number of aliphatic hydroxyl groups excluding tert-OH is 1. The molecule has 0 bridgehead atoms. The number of aromatic hydroxyl groups is 1. The lowest BCUT2D eigenvalue weighted by atomic mass is 10.2. The van der Waals surface area contributed by atoms with Gasteiger partial charge in [-0.3, -0.25) is 0 Å². The molecule has 1 aromatic rings. The van der Waals surface area contributed by atoms with Gasteiger partial charge in [0.25, 0.3) is 0 Å². The molecule has 0 heterocycles. The summed E-state index contributed by atoms with van der Waals surface area (Å²) in [5.74, 6) is 49.1. The molecule has 142 valence electrons. The van der Waals surface area contributed by atoms with E-state index in [1.807, 2.05) is 0 Å². The first-order valence-electron chi connectivity index (χ1n) is 8.33. The number of hydrogen-bond acceptors (Lipinski definition) is 3. The van der Waals surface area contributed by atoms with Crippen molar-refractivity contribution in [2.45, 2.75) is 6.61 Å². The molecule has 3 nitrogen and oxygen atoms in total. The summed E-state index contributed by atoms with van der Waals surface area (Å²) in [7, 11) is 0. The van der Waals surface area contributed by atoms with E-state index in [2.05, 4.69) is 125 Å². The van der Waals surface area contributed by atoms with Crippen LogP contribution in [0.25, 0.3) is 0 Å². The Bertz CT molecular complexity index is 1550. The summed E-state index contributed by atoms with van der Waals surface area (Å²) in [5.41, 5.74) is 0.392. The maximum atomic E-state index is 9.58. The van der Waals surface area contributed by atoms with E-state index in [1.54, 1.807) is 6.07 Å². The van der Waals surface area contributed by atoms with Gasteiger partial charge in [-0.05, 0) is 59.5 Å². The summed E-state index contributed by atoms with van der Waals surface area (Å²) >= 11 is 0. The Morgan fingerprint density at radius 3 is 1.41 bits per heavy atom. The van der Waals surface area contributed by atoms with Gasteiger partial charge in [0.1, 0.15) is 17.6 Å². The molecule has 0 aliphatic rings. The Balaban J connectivity index is 2.44. The minimum absolute atomic E-state index is 0.0800. The minimum atomic E-state index is -0.267. The first-order chi connectivity index (χ1) is 15.8. The number of phenols is 1. The van der Waals surface area contributed by atoms with E-state index in [1.165, 1.54) is 12.1 Å². The fourth-order valence-corrected chi connectivity index (χ4v) is 1.42. The van der Waals surface area contributed by atoms with Gasteiger partial charge in [0, 0.05) is 82.7 Å². The number of terminal acetylenes is 1. The molecule has 0 radical (unpaired) electrons. The maximum absolute atomic E-state index is 9.58. The van der Waals surface area contributed by atoms with Crippen LogP contribution >= 0.6 is 0 Å². The quantitative estimate of drug-likeness (QED) is 0.720. The third-order valence-electron chi connectivity index (χ3n) is 2.64. The second kappa shape index (κ2) is 17.1. The first-order valence-corrected chi connectivity index (χ1v) is 8.33. The van der Waals surface area contributed by atoms with Crippen molar-refractivity contribution in [1.82, 2.24) is 0 Å². The SMILES string of the molecule is C#CC#CC#CC#CC#CC#CC#CC#CC#CC#CC#COc1ccc(CO)c(O)c1. The number of benzene rings is 1. The molecule has 3 heteroatoms. The average Bonchev–Trinajstić information content (AvgIpc) is 2.80. The van der Waals surface area contributed by atoms with Crippen molar-refractivity contribution in [1.29, 1.82) is 0 Å². The van der Waals surface area contributed by atoms with Crippen LogP contribution in [0.15, 0.2) is 18.2 Å². The molecule has 0 aliphatic heterocycles. The smallest absolute Gasteiger partial charge is 0.143 e. The van der Waals surface area contributed by atoms with Crippen molar-refractivity contribution in [2.24, 2.45) is 0 Å². The topological polar surface area (TPSA) is 49.7 Å². The molecule has 1 aromatic carbocycles. The zero-order chi connectivity index (χ0) is 23.1. The van der Waals surface area contributed by atoms with Crippen LogP contribution in [0, 0.1) is 131 Å². The third-order valence-corrected chi connectivity index (χ3v) is 2.64. The molecule has 32 heavy (non-hydrogen) atoms. The second-order valence-electron chi connectivity index (χ2n) is 4.67. The van der Waals surface area contributed by atoms with E-state index in [4.69, 9.17) is 16.3 Å². The Labute approximate surface area is 188 Å². The maximum Gasteiger partial charge on any atom is 0.143 e. The molecule has 2 N–H and O–H groups in total. The van der Waals surface area contributed by atoms with Gasteiger partial charge in [0.2, 0.25) is 0 Å². The Morgan fingerprint density at radius 1 is 0.625 bits per heavy atom. The van der Waals surface area contributed by atoms with Gasteiger partial charge in [-0.1, -0.05) is 0 Å². The summed E-state index contributed by atoms with van der Waals surface area (Å²) in [5, 5.41) is 18.5. The van der Waals surface area contributed by atoms with Crippen molar-refractivity contribution < 1.29 is 14.9 Å². The van der Waals surface area contributed by atoms with Crippen molar-refractivity contribution in [2.75, 3.05) is 0 Å². The van der Waals surface area contributed by atoms with E-state index in [-0.39, 0.29) is 12.4 Å². The van der Waals surface area contributed by atoms with E-state index in [0.29, 0.717) is 11.3 Å². The summed E-state index contributed by atoms with van der Waals surface area (Å²) in [6, 6.07) is 4.43. The first kappa shape index (κ1) is 24.0. The molecule has 0 fully saturated rings. The fourth-order valence-electron chi connectivity index (χ4n) is 1.42. The van der Waals surface area contributed by atoms with Gasteiger partial charge < -0.3 is 14.9 Å². The standard InChI is InChI=1S/C29H8O3/c1-2-3-4-5-6-7-8-9-10-11-12-13-14-15-16-17-18-19-20-21-24-32-28-23-22-27(26-30)29(31)25-28/h1,22-23,25,30-31H,26H2. The second-order valence-corrected chi connectivity index (χ2v) is 4.67. The molecular weight excluding hydrogens is 396 g/mol. The summed E-state index contributed by atoms with van der Waals surface area (Å²) < 4.78 is 5.08. The number of aliphatic hydroxyl groups is 1. The molecule has 0 aliphatic carbocycles. The van der Waals surface area contributed by atoms with E-state index in [9.17, 15) is 5.11 Å². The van der Waals surface area contributed by atoms with Crippen LogP contribution in [0.3, 0.4) is 0 Å². The lowest BCUT2D eigenvalue weighted by molar-refractivity contribution is 0.275. The van der Waals surface area contributed by atoms with E-state index < -0.39 is 0 Å². The molecule has 0 unspecified atom stereocenters. The van der Waals surface area contributed by atoms with Gasteiger partial charge in [-0.2, -0.15) is 0 Å². The zero-order valence-corrected chi connectivity index (χ0v) is 16.3.